The Morgan fingerprint density at radius 1 is 1.05 bits per heavy atom. The lowest BCUT2D eigenvalue weighted by Crippen LogP contribution is -2.35. The maximum absolute atomic E-state index is 12.5. The average Bonchev–Trinajstić information content (AvgIpc) is 2.48. The minimum atomic E-state index is -1.67. The lowest BCUT2D eigenvalue weighted by molar-refractivity contribution is 0.0324. The van der Waals surface area contributed by atoms with Gasteiger partial charge in [-0.2, -0.15) is 0 Å². The van der Waals surface area contributed by atoms with Crippen LogP contribution in [0.1, 0.15) is 22.3 Å². The molecule has 2 heteroatoms. The Morgan fingerprint density at radius 3 is 2.11 bits per heavy atom. The van der Waals surface area contributed by atoms with Crippen LogP contribution in [0, 0.1) is 12.3 Å². The zero-order valence-corrected chi connectivity index (χ0v) is 10.4. The van der Waals surface area contributed by atoms with Gasteiger partial charge in [-0.15, -0.1) is 12.3 Å². The van der Waals surface area contributed by atoms with E-state index in [9.17, 15) is 9.90 Å². The van der Waals surface area contributed by atoms with Crippen LogP contribution in [-0.2, 0) is 5.60 Å². The molecule has 0 aliphatic heterocycles. The number of ketones is 1. The van der Waals surface area contributed by atoms with E-state index in [1.54, 1.807) is 48.5 Å². The predicted octanol–water partition coefficient (Wildman–Crippen LogP) is 2.78. The summed E-state index contributed by atoms with van der Waals surface area (Å²) in [5.74, 6) is 2.01. The van der Waals surface area contributed by atoms with Crippen molar-refractivity contribution >= 4 is 5.78 Å². The molecule has 2 aromatic rings. The molecule has 0 saturated heterocycles. The molecule has 0 radical (unpaired) electrons. The number of aliphatic hydroxyl groups is 1. The number of hydrogen-bond donors (Lipinski definition) is 1. The van der Waals surface area contributed by atoms with Gasteiger partial charge in [-0.05, 0) is 5.56 Å². The fourth-order valence-corrected chi connectivity index (χ4v) is 2.00. The second kappa shape index (κ2) is 5.51. The van der Waals surface area contributed by atoms with Gasteiger partial charge in [0, 0.05) is 12.0 Å². The molecule has 2 nitrogen and oxygen atoms in total. The molecule has 1 unspecified atom stereocenters. The number of hydrogen-bond acceptors (Lipinski definition) is 2. The van der Waals surface area contributed by atoms with E-state index in [0.717, 1.165) is 0 Å². The van der Waals surface area contributed by atoms with Crippen LogP contribution in [0.3, 0.4) is 0 Å². The Morgan fingerprint density at radius 2 is 1.58 bits per heavy atom. The number of carbonyl (C=O) groups is 1. The largest absolute Gasteiger partial charge is 0.376 e. The van der Waals surface area contributed by atoms with Crippen LogP contribution >= 0.6 is 0 Å². The fourth-order valence-electron chi connectivity index (χ4n) is 2.00. The smallest absolute Gasteiger partial charge is 0.199 e. The highest BCUT2D eigenvalue weighted by Gasteiger charge is 2.37. The molecule has 0 spiro atoms. The van der Waals surface area contributed by atoms with Crippen LogP contribution < -0.4 is 0 Å². The summed E-state index contributed by atoms with van der Waals surface area (Å²) in [6, 6.07) is 17.5. The van der Waals surface area contributed by atoms with Gasteiger partial charge in [0.1, 0.15) is 0 Å². The third-order valence-corrected chi connectivity index (χ3v) is 3.02. The average molecular weight is 250 g/mol. The first kappa shape index (κ1) is 13.1. The third-order valence-electron chi connectivity index (χ3n) is 3.02. The Labute approximate surface area is 112 Å². The van der Waals surface area contributed by atoms with Crippen LogP contribution in [0.2, 0.25) is 0 Å². The highest BCUT2D eigenvalue weighted by atomic mass is 16.3. The number of rotatable bonds is 4. The van der Waals surface area contributed by atoms with Gasteiger partial charge in [0.25, 0.3) is 0 Å². The zero-order valence-electron chi connectivity index (χ0n) is 10.4. The van der Waals surface area contributed by atoms with E-state index in [0.29, 0.717) is 11.1 Å². The second-order valence-electron chi connectivity index (χ2n) is 4.30. The van der Waals surface area contributed by atoms with E-state index in [1.165, 1.54) is 0 Å². The van der Waals surface area contributed by atoms with Crippen LogP contribution in [0.5, 0.6) is 0 Å². The van der Waals surface area contributed by atoms with Crippen LogP contribution in [0.15, 0.2) is 60.7 Å². The first-order valence-electron chi connectivity index (χ1n) is 5.99. The SMILES string of the molecule is C#CCC(O)(C(=O)c1ccccc1)c1ccccc1. The number of Topliss-reactive ketones (excluding diaryl/α,β-unsaturated/α-hetero) is 1. The van der Waals surface area contributed by atoms with Crippen LogP contribution in [0.25, 0.3) is 0 Å². The standard InChI is InChI=1S/C17H14O2/c1-2-13-17(19,15-11-7-4-8-12-15)16(18)14-9-5-3-6-10-14/h1,3-12,19H,13H2. The quantitative estimate of drug-likeness (QED) is 0.669. The van der Waals surface area contributed by atoms with E-state index in [-0.39, 0.29) is 12.2 Å². The van der Waals surface area contributed by atoms with Crippen molar-refractivity contribution in [1.82, 2.24) is 0 Å². The van der Waals surface area contributed by atoms with Gasteiger partial charge in [-0.1, -0.05) is 60.7 Å². The summed E-state index contributed by atoms with van der Waals surface area (Å²) in [5.41, 5.74) is -0.705. The van der Waals surface area contributed by atoms with Gasteiger partial charge in [-0.3, -0.25) is 4.79 Å². The van der Waals surface area contributed by atoms with Crippen molar-refractivity contribution in [3.8, 4) is 12.3 Å². The van der Waals surface area contributed by atoms with Crippen molar-refractivity contribution in [1.29, 1.82) is 0 Å². The molecule has 0 bridgehead atoms. The second-order valence-corrected chi connectivity index (χ2v) is 4.30. The van der Waals surface area contributed by atoms with Gasteiger partial charge >= 0.3 is 0 Å². The molecule has 2 rings (SSSR count). The van der Waals surface area contributed by atoms with E-state index in [2.05, 4.69) is 5.92 Å². The van der Waals surface area contributed by atoms with E-state index in [4.69, 9.17) is 6.42 Å². The molecule has 1 atom stereocenters. The first-order chi connectivity index (χ1) is 9.18. The summed E-state index contributed by atoms with van der Waals surface area (Å²) in [7, 11) is 0. The Kier molecular flexibility index (Phi) is 3.79. The molecular formula is C17H14O2. The Bertz CT molecular complexity index is 596. The molecule has 19 heavy (non-hydrogen) atoms. The minimum Gasteiger partial charge on any atom is -0.376 e. The molecular weight excluding hydrogens is 236 g/mol. The van der Waals surface area contributed by atoms with Gasteiger partial charge in [0.2, 0.25) is 0 Å². The van der Waals surface area contributed by atoms with Crippen molar-refractivity contribution in [2.24, 2.45) is 0 Å². The van der Waals surface area contributed by atoms with Crippen molar-refractivity contribution in [2.75, 3.05) is 0 Å². The highest BCUT2D eigenvalue weighted by molar-refractivity contribution is 6.03. The predicted molar refractivity (Wildman–Crippen MR) is 74.6 cm³/mol. The molecule has 0 aliphatic carbocycles. The zero-order chi connectivity index (χ0) is 13.7. The molecule has 0 amide bonds. The van der Waals surface area contributed by atoms with Crippen molar-refractivity contribution in [2.45, 2.75) is 12.0 Å². The molecule has 94 valence electrons. The van der Waals surface area contributed by atoms with Crippen LogP contribution in [0.4, 0.5) is 0 Å². The lowest BCUT2D eigenvalue weighted by atomic mass is 9.83. The van der Waals surface area contributed by atoms with Gasteiger partial charge in [0.05, 0.1) is 0 Å². The summed E-state index contributed by atoms with van der Waals surface area (Å²) in [4.78, 5) is 12.5. The maximum Gasteiger partial charge on any atom is 0.199 e. The van der Waals surface area contributed by atoms with Gasteiger partial charge in [0.15, 0.2) is 11.4 Å². The summed E-state index contributed by atoms with van der Waals surface area (Å²) in [5, 5.41) is 10.7. The third kappa shape index (κ3) is 2.57. The monoisotopic (exact) mass is 250 g/mol. The number of terminal acetylenes is 1. The van der Waals surface area contributed by atoms with Crippen molar-refractivity contribution < 1.29 is 9.90 Å². The van der Waals surface area contributed by atoms with E-state index >= 15 is 0 Å². The molecule has 1 N–H and O–H groups in total. The lowest BCUT2D eigenvalue weighted by Gasteiger charge is -2.25. The molecule has 0 saturated carbocycles. The first-order valence-corrected chi connectivity index (χ1v) is 5.99. The normalized spacial score (nSPS) is 13.3. The van der Waals surface area contributed by atoms with Gasteiger partial charge < -0.3 is 5.11 Å². The van der Waals surface area contributed by atoms with Crippen LogP contribution in [-0.4, -0.2) is 10.9 Å². The molecule has 2 aromatic carbocycles. The van der Waals surface area contributed by atoms with E-state index in [1.807, 2.05) is 12.1 Å². The maximum atomic E-state index is 12.5. The molecule has 0 fully saturated rings. The topological polar surface area (TPSA) is 37.3 Å². The molecule has 0 aliphatic rings. The minimum absolute atomic E-state index is 0.0509. The summed E-state index contributed by atoms with van der Waals surface area (Å²) < 4.78 is 0. The summed E-state index contributed by atoms with van der Waals surface area (Å²) >= 11 is 0. The Hall–Kier alpha value is -2.37. The summed E-state index contributed by atoms with van der Waals surface area (Å²) in [6.07, 6.45) is 5.25. The fraction of sp³-hybridized carbons (Fsp3) is 0.118. The van der Waals surface area contributed by atoms with Crippen molar-refractivity contribution in [3.05, 3.63) is 71.8 Å². The number of carbonyl (C=O) groups excluding carboxylic acids is 1. The molecule has 0 aromatic heterocycles. The number of benzene rings is 2. The molecule has 0 heterocycles. The Balaban J connectivity index is 2.47. The highest BCUT2D eigenvalue weighted by Crippen LogP contribution is 2.28. The van der Waals surface area contributed by atoms with Gasteiger partial charge in [-0.25, -0.2) is 0 Å². The van der Waals surface area contributed by atoms with Crippen molar-refractivity contribution in [3.63, 3.8) is 0 Å². The summed E-state index contributed by atoms with van der Waals surface area (Å²) in [6.45, 7) is 0. The van der Waals surface area contributed by atoms with E-state index < -0.39 is 5.60 Å².